The van der Waals surface area contributed by atoms with Crippen LogP contribution in [-0.4, -0.2) is 19.5 Å². The Labute approximate surface area is 400 Å². The van der Waals surface area contributed by atoms with Gasteiger partial charge in [0.2, 0.25) is 0 Å². The fourth-order valence-corrected chi connectivity index (χ4v) is 11.2. The van der Waals surface area contributed by atoms with Crippen LogP contribution in [0.3, 0.4) is 0 Å². The molecule has 0 atom stereocenters. The maximum absolute atomic E-state index is 6.69. The second-order valence-corrected chi connectivity index (χ2v) is 18.6. The molecule has 0 aliphatic rings. The summed E-state index contributed by atoms with van der Waals surface area (Å²) in [7, 11) is 0. The fraction of sp³-hybridized carbons (Fsp3) is 0. The zero-order valence-corrected chi connectivity index (χ0v) is 37.9. The maximum atomic E-state index is 6.69. The molecular weight excluding hydrogens is 861 g/mol. The Balaban J connectivity index is 0.975. The molecule has 0 N–H and O–H groups in total. The molecule has 0 amide bonds. The van der Waals surface area contributed by atoms with Crippen LogP contribution in [0.2, 0.25) is 0 Å². The van der Waals surface area contributed by atoms with Crippen LogP contribution < -0.4 is 0 Å². The van der Waals surface area contributed by atoms with Crippen LogP contribution in [-0.2, 0) is 0 Å². The first kappa shape index (κ1) is 39.2. The number of aromatic nitrogens is 4. The summed E-state index contributed by atoms with van der Waals surface area (Å²) in [5, 5.41) is 6.74. The second-order valence-electron chi connectivity index (χ2n) is 17.6. The Morgan fingerprint density at radius 2 is 0.841 bits per heavy atom. The molecule has 14 aromatic rings. The first-order valence-corrected chi connectivity index (χ1v) is 24.0. The van der Waals surface area contributed by atoms with Crippen molar-refractivity contribution in [3.63, 3.8) is 0 Å². The van der Waals surface area contributed by atoms with Gasteiger partial charge in [-0.1, -0.05) is 152 Å². The fourth-order valence-electron chi connectivity index (χ4n) is 10.2. The molecule has 0 aliphatic heterocycles. The van der Waals surface area contributed by atoms with E-state index in [0.717, 1.165) is 66.5 Å². The zero-order valence-electron chi connectivity index (χ0n) is 37.0. The molecule has 5 nitrogen and oxygen atoms in total. The SMILES string of the molecule is c1ccc(-c2cccc(-c3nc(-c4ccc5sc6ccccc6c5c4)nc(-c4cccc5oc6ccc(-n7c8ccc(-c9ccccc9)cc8c8cc(-c9ccccc9)ccc87)cc6c45)n3)c2)cc1. The second kappa shape index (κ2) is 15.8. The van der Waals surface area contributed by atoms with Crippen molar-refractivity contribution in [1.29, 1.82) is 0 Å². The van der Waals surface area contributed by atoms with Gasteiger partial charge >= 0.3 is 0 Å². The minimum atomic E-state index is 0.577. The van der Waals surface area contributed by atoms with Crippen molar-refractivity contribution in [2.45, 2.75) is 0 Å². The zero-order chi connectivity index (χ0) is 45.4. The lowest BCUT2D eigenvalue weighted by Gasteiger charge is -2.11. The van der Waals surface area contributed by atoms with Gasteiger partial charge in [0.15, 0.2) is 17.5 Å². The summed E-state index contributed by atoms with van der Waals surface area (Å²) in [4.78, 5) is 15.9. The van der Waals surface area contributed by atoms with Crippen LogP contribution >= 0.6 is 11.3 Å². The van der Waals surface area contributed by atoms with Crippen molar-refractivity contribution in [2.75, 3.05) is 0 Å². The monoisotopic (exact) mass is 898 g/mol. The molecule has 0 unspecified atom stereocenters. The Kier molecular flexibility index (Phi) is 9.00. The van der Waals surface area contributed by atoms with Crippen molar-refractivity contribution in [1.82, 2.24) is 19.5 Å². The molecule has 4 aromatic heterocycles. The number of fused-ring (bicyclic) bond motifs is 9. The third-order valence-corrected chi connectivity index (χ3v) is 14.6. The Hall–Kier alpha value is -8.97. The quantitative estimate of drug-likeness (QED) is 0.160. The Bertz CT molecular complexity index is 4210. The molecule has 322 valence electrons. The third-order valence-electron chi connectivity index (χ3n) is 13.5. The minimum absolute atomic E-state index is 0.577. The molecule has 14 rings (SSSR count). The number of nitrogens with zero attached hydrogens (tertiary/aromatic N) is 4. The summed E-state index contributed by atoms with van der Waals surface area (Å²) in [5.41, 5.74) is 14.5. The van der Waals surface area contributed by atoms with Gasteiger partial charge in [0.1, 0.15) is 11.2 Å². The highest BCUT2D eigenvalue weighted by atomic mass is 32.1. The number of hydrogen-bond acceptors (Lipinski definition) is 5. The molecule has 0 fully saturated rings. The molecule has 0 saturated carbocycles. The van der Waals surface area contributed by atoms with Crippen molar-refractivity contribution in [3.8, 4) is 73.2 Å². The number of furan rings is 1. The van der Waals surface area contributed by atoms with Crippen molar-refractivity contribution < 1.29 is 4.42 Å². The third kappa shape index (κ3) is 6.64. The standard InChI is InChI=1S/C63H38N4OS/c1-4-14-39(15-5-1)42-20-12-21-45(34-42)61-64-62(46-28-33-59-52(37-46)48-22-10-11-25-58(48)69-59)66-63(65-61)49-23-13-24-57-60(49)53-38-47(29-32-56(53)68-57)67-54-30-26-43(40-16-6-2-7-17-40)35-50(54)51-36-44(27-31-55(51)67)41-18-8-3-9-19-41/h1-38H. The highest BCUT2D eigenvalue weighted by Crippen LogP contribution is 2.42. The first-order chi connectivity index (χ1) is 34.2. The lowest BCUT2D eigenvalue weighted by Crippen LogP contribution is -2.00. The normalized spacial score (nSPS) is 11.8. The molecule has 69 heavy (non-hydrogen) atoms. The number of benzene rings is 10. The predicted octanol–water partition coefficient (Wildman–Crippen LogP) is 17.2. The minimum Gasteiger partial charge on any atom is -0.456 e. The van der Waals surface area contributed by atoms with Gasteiger partial charge in [0.25, 0.3) is 0 Å². The number of rotatable bonds is 7. The van der Waals surface area contributed by atoms with Gasteiger partial charge in [-0.25, -0.2) is 15.0 Å². The van der Waals surface area contributed by atoms with E-state index in [9.17, 15) is 0 Å². The van der Waals surface area contributed by atoms with E-state index in [-0.39, 0.29) is 0 Å². The average Bonchev–Trinajstić information content (AvgIpc) is 4.10. The van der Waals surface area contributed by atoms with Gasteiger partial charge in [0, 0.05) is 64.1 Å². The summed E-state index contributed by atoms with van der Waals surface area (Å²) in [5.74, 6) is 1.79. The van der Waals surface area contributed by atoms with Crippen LogP contribution in [0, 0.1) is 0 Å². The molecule has 4 heterocycles. The van der Waals surface area contributed by atoms with E-state index in [0.29, 0.717) is 17.5 Å². The molecule has 0 aliphatic carbocycles. The topological polar surface area (TPSA) is 56.7 Å². The van der Waals surface area contributed by atoms with Crippen LogP contribution in [0.4, 0.5) is 0 Å². The molecule has 10 aromatic carbocycles. The van der Waals surface area contributed by atoms with Crippen LogP contribution in [0.1, 0.15) is 0 Å². The van der Waals surface area contributed by atoms with Gasteiger partial charge in [-0.2, -0.15) is 0 Å². The van der Waals surface area contributed by atoms with Gasteiger partial charge in [-0.05, 0) is 112 Å². The van der Waals surface area contributed by atoms with Gasteiger partial charge in [-0.3, -0.25) is 0 Å². The van der Waals surface area contributed by atoms with E-state index >= 15 is 0 Å². The maximum Gasteiger partial charge on any atom is 0.164 e. The smallest absolute Gasteiger partial charge is 0.164 e. The largest absolute Gasteiger partial charge is 0.456 e. The van der Waals surface area contributed by atoms with E-state index < -0.39 is 0 Å². The average molecular weight is 899 g/mol. The Morgan fingerprint density at radius 3 is 1.52 bits per heavy atom. The van der Waals surface area contributed by atoms with Gasteiger partial charge in [-0.15, -0.1) is 11.3 Å². The van der Waals surface area contributed by atoms with E-state index in [2.05, 4.69) is 217 Å². The summed E-state index contributed by atoms with van der Waals surface area (Å²) >= 11 is 1.80. The first-order valence-electron chi connectivity index (χ1n) is 23.2. The molecule has 0 radical (unpaired) electrons. The number of thiophene rings is 1. The van der Waals surface area contributed by atoms with E-state index in [4.69, 9.17) is 19.4 Å². The Morgan fingerprint density at radius 1 is 0.319 bits per heavy atom. The van der Waals surface area contributed by atoms with Crippen LogP contribution in [0.25, 0.3) is 137 Å². The molecular formula is C63H38N4OS. The molecule has 0 saturated heterocycles. The summed E-state index contributed by atoms with van der Waals surface area (Å²) in [6.45, 7) is 0. The number of hydrogen-bond donors (Lipinski definition) is 0. The van der Waals surface area contributed by atoms with E-state index in [1.165, 1.54) is 53.2 Å². The van der Waals surface area contributed by atoms with Crippen molar-refractivity contribution >= 4 is 75.3 Å². The van der Waals surface area contributed by atoms with Crippen molar-refractivity contribution in [3.05, 3.63) is 231 Å². The highest BCUT2D eigenvalue weighted by molar-refractivity contribution is 7.25. The van der Waals surface area contributed by atoms with Gasteiger partial charge in [0.05, 0.1) is 11.0 Å². The molecule has 0 spiro atoms. The predicted molar refractivity (Wildman–Crippen MR) is 287 cm³/mol. The lowest BCUT2D eigenvalue weighted by molar-refractivity contribution is 0.669. The van der Waals surface area contributed by atoms with Crippen LogP contribution in [0.5, 0.6) is 0 Å². The van der Waals surface area contributed by atoms with Gasteiger partial charge < -0.3 is 8.98 Å². The lowest BCUT2D eigenvalue weighted by atomic mass is 10.0. The molecule has 0 bridgehead atoms. The van der Waals surface area contributed by atoms with Crippen LogP contribution in [0.15, 0.2) is 235 Å². The summed E-state index contributed by atoms with van der Waals surface area (Å²) < 4.78 is 11.6. The summed E-state index contributed by atoms with van der Waals surface area (Å²) in [6.07, 6.45) is 0. The summed E-state index contributed by atoms with van der Waals surface area (Å²) in [6, 6.07) is 81.7. The van der Waals surface area contributed by atoms with E-state index in [1.807, 2.05) is 18.2 Å². The van der Waals surface area contributed by atoms with Crippen molar-refractivity contribution in [2.24, 2.45) is 0 Å². The van der Waals surface area contributed by atoms with E-state index in [1.54, 1.807) is 11.3 Å². The molecule has 6 heteroatoms. The highest BCUT2D eigenvalue weighted by Gasteiger charge is 2.21.